The maximum absolute atomic E-state index is 13.6. The van der Waals surface area contributed by atoms with Crippen molar-refractivity contribution in [3.05, 3.63) is 58.7 Å². The molecule has 0 spiro atoms. The second kappa shape index (κ2) is 7.57. The van der Waals surface area contributed by atoms with Gasteiger partial charge >= 0.3 is 0 Å². The molecule has 1 fully saturated rings. The number of halogens is 1. The van der Waals surface area contributed by atoms with Crippen molar-refractivity contribution in [1.29, 1.82) is 5.26 Å². The van der Waals surface area contributed by atoms with E-state index in [-0.39, 0.29) is 23.3 Å². The van der Waals surface area contributed by atoms with Crippen molar-refractivity contribution < 1.29 is 9.18 Å². The van der Waals surface area contributed by atoms with Crippen LogP contribution in [0.3, 0.4) is 0 Å². The van der Waals surface area contributed by atoms with Gasteiger partial charge in [0, 0.05) is 23.1 Å². The predicted molar refractivity (Wildman–Crippen MR) is 99.2 cm³/mol. The zero-order valence-electron chi connectivity index (χ0n) is 15.1. The molecule has 0 atom stereocenters. The fraction of sp³-hybridized carbons (Fsp3) is 0.333. The van der Waals surface area contributed by atoms with Gasteiger partial charge in [-0.05, 0) is 62.6 Å². The summed E-state index contributed by atoms with van der Waals surface area (Å²) in [6, 6.07) is 10.4. The molecule has 3 rings (SSSR count). The quantitative estimate of drug-likeness (QED) is 0.663. The summed E-state index contributed by atoms with van der Waals surface area (Å²) in [5.74, 6) is -0.629. The van der Waals surface area contributed by atoms with E-state index < -0.39 is 0 Å². The largest absolute Gasteiger partial charge is 0.349 e. The molecule has 134 valence electrons. The molecular formula is C21H22FN3O. The van der Waals surface area contributed by atoms with Gasteiger partial charge in [0.25, 0.3) is 5.91 Å². The molecule has 1 aromatic heterocycles. The summed E-state index contributed by atoms with van der Waals surface area (Å²) in [7, 11) is 0. The minimum Gasteiger partial charge on any atom is -0.349 e. The van der Waals surface area contributed by atoms with Gasteiger partial charge in [-0.15, -0.1) is 0 Å². The Labute approximate surface area is 152 Å². The van der Waals surface area contributed by atoms with Crippen molar-refractivity contribution in [2.75, 3.05) is 0 Å². The van der Waals surface area contributed by atoms with Gasteiger partial charge in [0.1, 0.15) is 17.5 Å². The molecule has 0 aliphatic heterocycles. The molecule has 4 nitrogen and oxygen atoms in total. The molecule has 1 amide bonds. The van der Waals surface area contributed by atoms with Crippen molar-refractivity contribution >= 4 is 12.0 Å². The number of carbonyl (C=O) groups excluding carboxylic acids is 1. The molecule has 5 heteroatoms. The summed E-state index contributed by atoms with van der Waals surface area (Å²) >= 11 is 0. The van der Waals surface area contributed by atoms with E-state index in [1.807, 2.05) is 36.6 Å². The maximum atomic E-state index is 13.6. The molecule has 1 aliphatic carbocycles. The fourth-order valence-corrected chi connectivity index (χ4v) is 3.58. The Bertz CT molecular complexity index is 898. The predicted octanol–water partition coefficient (Wildman–Crippen LogP) is 4.20. The lowest BCUT2D eigenvalue weighted by molar-refractivity contribution is -0.117. The number of nitrogens with zero attached hydrogens (tertiary/aromatic N) is 2. The number of aromatic nitrogens is 1. The lowest BCUT2D eigenvalue weighted by Gasteiger charge is -2.11. The first-order valence-corrected chi connectivity index (χ1v) is 8.87. The van der Waals surface area contributed by atoms with Crippen LogP contribution in [-0.4, -0.2) is 16.5 Å². The SMILES string of the molecule is Cc1cc(/C=C(\C#N)C(=O)NC2CCCC2)c(C)n1-c1cccc(F)c1. The van der Waals surface area contributed by atoms with Gasteiger partial charge in [-0.2, -0.15) is 5.26 Å². The van der Waals surface area contributed by atoms with E-state index in [0.29, 0.717) is 5.69 Å². The summed E-state index contributed by atoms with van der Waals surface area (Å²) < 4.78 is 15.5. The summed E-state index contributed by atoms with van der Waals surface area (Å²) in [4.78, 5) is 12.4. The van der Waals surface area contributed by atoms with Crippen molar-refractivity contribution in [3.8, 4) is 11.8 Å². The Morgan fingerprint density at radius 1 is 1.31 bits per heavy atom. The molecule has 2 aromatic rings. The van der Waals surface area contributed by atoms with Crippen LogP contribution in [0.5, 0.6) is 0 Å². The molecular weight excluding hydrogens is 329 g/mol. The third-order valence-corrected chi connectivity index (χ3v) is 4.89. The van der Waals surface area contributed by atoms with Gasteiger partial charge in [-0.1, -0.05) is 18.9 Å². The lowest BCUT2D eigenvalue weighted by Crippen LogP contribution is -2.33. The van der Waals surface area contributed by atoms with Crippen molar-refractivity contribution in [2.24, 2.45) is 0 Å². The van der Waals surface area contributed by atoms with Gasteiger partial charge in [0.2, 0.25) is 0 Å². The molecule has 1 heterocycles. The van der Waals surface area contributed by atoms with Crippen LogP contribution in [0.1, 0.15) is 42.6 Å². The second-order valence-electron chi connectivity index (χ2n) is 6.77. The van der Waals surface area contributed by atoms with E-state index in [0.717, 1.165) is 42.6 Å². The first-order chi connectivity index (χ1) is 12.5. The van der Waals surface area contributed by atoms with Crippen LogP contribution >= 0.6 is 0 Å². The molecule has 1 aromatic carbocycles. The average Bonchev–Trinajstić information content (AvgIpc) is 3.20. The Morgan fingerprint density at radius 2 is 2.04 bits per heavy atom. The van der Waals surface area contributed by atoms with E-state index in [2.05, 4.69) is 5.32 Å². The third kappa shape index (κ3) is 3.70. The highest BCUT2D eigenvalue weighted by Gasteiger charge is 2.20. The van der Waals surface area contributed by atoms with Crippen LogP contribution in [0, 0.1) is 31.0 Å². The number of carbonyl (C=O) groups is 1. The third-order valence-electron chi connectivity index (χ3n) is 4.89. The number of amides is 1. The molecule has 1 N–H and O–H groups in total. The topological polar surface area (TPSA) is 57.8 Å². The maximum Gasteiger partial charge on any atom is 0.262 e. The van der Waals surface area contributed by atoms with Gasteiger partial charge < -0.3 is 9.88 Å². The van der Waals surface area contributed by atoms with Crippen molar-refractivity contribution in [1.82, 2.24) is 9.88 Å². The number of nitriles is 1. The molecule has 0 radical (unpaired) electrons. The average molecular weight is 351 g/mol. The van der Waals surface area contributed by atoms with Crippen LogP contribution in [0.2, 0.25) is 0 Å². The van der Waals surface area contributed by atoms with Gasteiger partial charge in [-0.3, -0.25) is 4.79 Å². The van der Waals surface area contributed by atoms with Crippen LogP contribution in [0.4, 0.5) is 4.39 Å². The highest BCUT2D eigenvalue weighted by atomic mass is 19.1. The molecule has 0 saturated heterocycles. The first kappa shape index (κ1) is 17.9. The van der Waals surface area contributed by atoms with Crippen LogP contribution < -0.4 is 5.32 Å². The Balaban J connectivity index is 1.91. The van der Waals surface area contributed by atoms with Crippen LogP contribution in [-0.2, 0) is 4.79 Å². The number of hydrogen-bond donors (Lipinski definition) is 1. The van der Waals surface area contributed by atoms with Crippen LogP contribution in [0.15, 0.2) is 35.9 Å². The van der Waals surface area contributed by atoms with E-state index in [9.17, 15) is 14.4 Å². The lowest BCUT2D eigenvalue weighted by atomic mass is 10.1. The summed E-state index contributed by atoms with van der Waals surface area (Å²) in [6.07, 6.45) is 5.79. The van der Waals surface area contributed by atoms with Gasteiger partial charge in [-0.25, -0.2) is 4.39 Å². The van der Waals surface area contributed by atoms with Crippen molar-refractivity contribution in [2.45, 2.75) is 45.6 Å². The fourth-order valence-electron chi connectivity index (χ4n) is 3.58. The minimum atomic E-state index is -0.324. The number of nitrogens with one attached hydrogen (secondary N) is 1. The minimum absolute atomic E-state index is 0.0939. The Hall–Kier alpha value is -2.87. The standard InChI is InChI=1S/C21H22FN3O/c1-14-10-16(15(2)25(14)20-9-5-6-18(22)12-20)11-17(13-23)21(26)24-19-7-3-4-8-19/h5-6,9-12,19H,3-4,7-8H2,1-2H3,(H,24,26)/b17-11+. The Kier molecular flexibility index (Phi) is 5.22. The second-order valence-corrected chi connectivity index (χ2v) is 6.77. The first-order valence-electron chi connectivity index (χ1n) is 8.87. The van der Waals surface area contributed by atoms with E-state index in [1.165, 1.54) is 12.1 Å². The molecule has 26 heavy (non-hydrogen) atoms. The summed E-state index contributed by atoms with van der Waals surface area (Å²) in [5.41, 5.74) is 3.36. The van der Waals surface area contributed by atoms with Crippen LogP contribution in [0.25, 0.3) is 11.8 Å². The summed E-state index contributed by atoms with van der Waals surface area (Å²) in [6.45, 7) is 3.81. The highest BCUT2D eigenvalue weighted by molar-refractivity contribution is 6.02. The van der Waals surface area contributed by atoms with Gasteiger partial charge in [0.05, 0.1) is 0 Å². The highest BCUT2D eigenvalue weighted by Crippen LogP contribution is 2.24. The Morgan fingerprint density at radius 3 is 2.69 bits per heavy atom. The van der Waals surface area contributed by atoms with E-state index in [4.69, 9.17) is 0 Å². The molecule has 0 unspecified atom stereocenters. The normalized spacial score (nSPS) is 15.1. The number of rotatable bonds is 4. The molecule has 1 aliphatic rings. The monoisotopic (exact) mass is 351 g/mol. The molecule has 0 bridgehead atoms. The zero-order chi connectivity index (χ0) is 18.7. The number of aryl methyl sites for hydroxylation is 1. The summed E-state index contributed by atoms with van der Waals surface area (Å²) in [5, 5.41) is 12.4. The van der Waals surface area contributed by atoms with E-state index >= 15 is 0 Å². The zero-order valence-corrected chi connectivity index (χ0v) is 15.1. The smallest absolute Gasteiger partial charge is 0.262 e. The van der Waals surface area contributed by atoms with Gasteiger partial charge in [0.15, 0.2) is 0 Å². The molecule has 1 saturated carbocycles. The van der Waals surface area contributed by atoms with E-state index in [1.54, 1.807) is 12.1 Å². The van der Waals surface area contributed by atoms with Crippen molar-refractivity contribution in [3.63, 3.8) is 0 Å². The number of benzene rings is 1. The number of hydrogen-bond acceptors (Lipinski definition) is 2.